The van der Waals surface area contributed by atoms with E-state index in [1.165, 1.54) is 6.33 Å². The van der Waals surface area contributed by atoms with Gasteiger partial charge in [0.25, 0.3) is 0 Å². The molecule has 0 amide bonds. The van der Waals surface area contributed by atoms with Crippen LogP contribution in [0.1, 0.15) is 31.1 Å². The number of ether oxygens (including phenoxy) is 1. The number of benzene rings is 1. The Morgan fingerprint density at radius 3 is 2.86 bits per heavy atom. The highest BCUT2D eigenvalue weighted by Gasteiger charge is 2.26. The van der Waals surface area contributed by atoms with Crippen molar-refractivity contribution in [3.05, 3.63) is 53.0 Å². The van der Waals surface area contributed by atoms with Gasteiger partial charge in [-0.1, -0.05) is 11.6 Å². The molecule has 1 atom stereocenters. The molecule has 0 aliphatic rings. The van der Waals surface area contributed by atoms with Gasteiger partial charge in [-0.05, 0) is 32.9 Å². The van der Waals surface area contributed by atoms with Crippen LogP contribution in [0.4, 0.5) is 10.2 Å². The molecule has 29 heavy (non-hydrogen) atoms. The van der Waals surface area contributed by atoms with Gasteiger partial charge in [0.1, 0.15) is 17.9 Å². The summed E-state index contributed by atoms with van der Waals surface area (Å²) in [5.41, 5.74) is 8.97. The Kier molecular flexibility index (Phi) is 4.87. The second-order valence-electron chi connectivity index (χ2n) is 6.66. The van der Waals surface area contributed by atoms with Crippen molar-refractivity contribution < 1.29 is 9.13 Å². The molecule has 4 rings (SSSR count). The second-order valence-corrected chi connectivity index (χ2v) is 7.07. The molecule has 0 aliphatic carbocycles. The quantitative estimate of drug-likeness (QED) is 0.501. The molecule has 1 aromatic carbocycles. The number of nitrogens with two attached hydrogens (primary N) is 1. The monoisotopic (exact) mass is 414 g/mol. The smallest absolute Gasteiger partial charge is 0.164 e. The maximum Gasteiger partial charge on any atom is 0.164 e. The summed E-state index contributed by atoms with van der Waals surface area (Å²) in [4.78, 5) is 11.3. The van der Waals surface area contributed by atoms with Crippen molar-refractivity contribution in [2.24, 2.45) is 0 Å². The van der Waals surface area contributed by atoms with E-state index in [1.807, 2.05) is 20.8 Å². The number of halogens is 2. The number of aryl methyl sites for hydroxylation is 1. The van der Waals surface area contributed by atoms with Gasteiger partial charge in [0.15, 0.2) is 11.5 Å². The lowest BCUT2D eigenvalue weighted by Crippen LogP contribution is -2.13. The zero-order valence-electron chi connectivity index (χ0n) is 16.2. The summed E-state index contributed by atoms with van der Waals surface area (Å²) in [6.07, 6.45) is 4.82. The van der Waals surface area contributed by atoms with Crippen molar-refractivity contribution >= 4 is 28.5 Å². The summed E-state index contributed by atoms with van der Waals surface area (Å²) in [5.74, 6) is 0.254. The van der Waals surface area contributed by atoms with Crippen molar-refractivity contribution in [3.63, 3.8) is 0 Å². The third-order valence-corrected chi connectivity index (χ3v) is 5.16. The summed E-state index contributed by atoms with van der Waals surface area (Å²) >= 11 is 6.27. The number of anilines is 1. The predicted octanol–water partition coefficient (Wildman–Crippen LogP) is 4.51. The minimum Gasteiger partial charge on any atom is -0.493 e. The van der Waals surface area contributed by atoms with Gasteiger partial charge in [-0.25, -0.2) is 19.0 Å². The highest BCUT2D eigenvalue weighted by Crippen LogP contribution is 2.43. The number of fused-ring (bicyclic) bond motifs is 1. The molecule has 7 nitrogen and oxygen atoms in total. The number of hydrogen-bond donors (Lipinski definition) is 2. The summed E-state index contributed by atoms with van der Waals surface area (Å²) in [6, 6.07) is 3.00. The van der Waals surface area contributed by atoms with Gasteiger partial charge >= 0.3 is 0 Å². The summed E-state index contributed by atoms with van der Waals surface area (Å²) in [6.45, 7) is 5.99. The SMILES string of the molecule is CCOc1c(C(C)n2nc(C)c3c(N)ncnc32)cc(Cl)c(F)c1-c1cc[nH]c1. The first kappa shape index (κ1) is 19.2. The molecular formula is C20H20ClFN6O. The largest absolute Gasteiger partial charge is 0.493 e. The summed E-state index contributed by atoms with van der Waals surface area (Å²) in [5, 5.41) is 5.31. The van der Waals surface area contributed by atoms with Crippen molar-refractivity contribution in [3.8, 4) is 16.9 Å². The first-order valence-electron chi connectivity index (χ1n) is 9.17. The Balaban J connectivity index is 1.97. The number of hydrogen-bond acceptors (Lipinski definition) is 5. The lowest BCUT2D eigenvalue weighted by Gasteiger charge is -2.21. The molecule has 0 fully saturated rings. The zero-order valence-corrected chi connectivity index (χ0v) is 17.0. The fourth-order valence-electron chi connectivity index (χ4n) is 3.55. The Bertz CT molecular complexity index is 1190. The molecule has 0 saturated heterocycles. The molecule has 9 heteroatoms. The fraction of sp³-hybridized carbons (Fsp3) is 0.250. The number of nitrogens with zero attached hydrogens (tertiary/aromatic N) is 4. The number of nitrogens with one attached hydrogen (secondary N) is 1. The zero-order chi connectivity index (χ0) is 20.7. The summed E-state index contributed by atoms with van der Waals surface area (Å²) in [7, 11) is 0. The Labute approximate surface area is 171 Å². The molecule has 1 unspecified atom stereocenters. The predicted molar refractivity (Wildman–Crippen MR) is 111 cm³/mol. The van der Waals surface area contributed by atoms with Crippen LogP contribution >= 0.6 is 11.6 Å². The average molecular weight is 415 g/mol. The molecule has 0 radical (unpaired) electrons. The molecule has 0 saturated carbocycles. The van der Waals surface area contributed by atoms with Crippen molar-refractivity contribution in [2.75, 3.05) is 12.3 Å². The number of rotatable bonds is 5. The number of aromatic amines is 1. The van der Waals surface area contributed by atoms with E-state index in [0.29, 0.717) is 51.6 Å². The van der Waals surface area contributed by atoms with Crippen molar-refractivity contribution in [1.29, 1.82) is 0 Å². The van der Waals surface area contributed by atoms with Crippen LogP contribution in [0.15, 0.2) is 30.9 Å². The lowest BCUT2D eigenvalue weighted by atomic mass is 9.99. The van der Waals surface area contributed by atoms with Crippen LogP contribution in [0, 0.1) is 12.7 Å². The normalized spacial score (nSPS) is 12.4. The van der Waals surface area contributed by atoms with Gasteiger partial charge in [-0.15, -0.1) is 0 Å². The van der Waals surface area contributed by atoms with Crippen molar-refractivity contribution in [2.45, 2.75) is 26.8 Å². The van der Waals surface area contributed by atoms with E-state index in [9.17, 15) is 0 Å². The van der Waals surface area contributed by atoms with Crippen LogP contribution in [-0.2, 0) is 0 Å². The van der Waals surface area contributed by atoms with Crippen molar-refractivity contribution in [1.82, 2.24) is 24.7 Å². The van der Waals surface area contributed by atoms with E-state index in [4.69, 9.17) is 22.1 Å². The molecule has 4 aromatic rings. The van der Waals surface area contributed by atoms with E-state index in [0.717, 1.165) is 0 Å². The van der Waals surface area contributed by atoms with Gasteiger partial charge in [0, 0.05) is 23.5 Å². The first-order valence-corrected chi connectivity index (χ1v) is 9.54. The highest BCUT2D eigenvalue weighted by molar-refractivity contribution is 6.31. The van der Waals surface area contributed by atoms with Gasteiger partial charge < -0.3 is 15.5 Å². The van der Waals surface area contributed by atoms with Crippen LogP contribution in [0.5, 0.6) is 5.75 Å². The maximum atomic E-state index is 15.0. The highest BCUT2D eigenvalue weighted by atomic mass is 35.5. The standard InChI is InChI=1S/C20H20ClFN6O/c1-4-29-18-13(7-14(21)17(22)16(18)12-5-6-24-8-12)11(3)28-20-15(10(2)27-28)19(23)25-9-26-20/h5-9,11,24H,4H2,1-3H3,(H2,23,25,26). The third-order valence-electron chi connectivity index (χ3n) is 4.89. The molecule has 0 spiro atoms. The molecule has 150 valence electrons. The van der Waals surface area contributed by atoms with Gasteiger partial charge in [0.05, 0.1) is 34.3 Å². The fourth-order valence-corrected chi connectivity index (χ4v) is 3.76. The lowest BCUT2D eigenvalue weighted by molar-refractivity contribution is 0.332. The second kappa shape index (κ2) is 7.36. The van der Waals surface area contributed by atoms with Gasteiger partial charge in [-0.2, -0.15) is 5.10 Å². The molecular weight excluding hydrogens is 395 g/mol. The molecule has 3 aromatic heterocycles. The van der Waals surface area contributed by atoms with Crippen LogP contribution in [0.25, 0.3) is 22.2 Å². The van der Waals surface area contributed by atoms with E-state index >= 15 is 4.39 Å². The van der Waals surface area contributed by atoms with Crippen LogP contribution in [0.3, 0.4) is 0 Å². The average Bonchev–Trinajstić information content (AvgIpc) is 3.33. The summed E-state index contributed by atoms with van der Waals surface area (Å²) < 4.78 is 22.7. The Hall–Kier alpha value is -3.13. The van der Waals surface area contributed by atoms with E-state index in [2.05, 4.69) is 20.1 Å². The molecule has 3 heterocycles. The van der Waals surface area contributed by atoms with Gasteiger partial charge in [-0.3, -0.25) is 0 Å². The van der Waals surface area contributed by atoms with Gasteiger partial charge in [0.2, 0.25) is 0 Å². The minimum absolute atomic E-state index is 0.00817. The molecule has 0 aliphatic heterocycles. The van der Waals surface area contributed by atoms with E-state index in [1.54, 1.807) is 29.2 Å². The Morgan fingerprint density at radius 1 is 1.38 bits per heavy atom. The van der Waals surface area contributed by atoms with E-state index in [-0.39, 0.29) is 11.1 Å². The maximum absolute atomic E-state index is 15.0. The van der Waals surface area contributed by atoms with Crippen LogP contribution in [0.2, 0.25) is 5.02 Å². The number of H-pyrrole nitrogens is 1. The third kappa shape index (κ3) is 3.09. The molecule has 0 bridgehead atoms. The van der Waals surface area contributed by atoms with Crippen LogP contribution < -0.4 is 10.5 Å². The minimum atomic E-state index is -0.529. The molecule has 3 N–H and O–H groups in total. The van der Waals surface area contributed by atoms with E-state index < -0.39 is 5.82 Å². The first-order chi connectivity index (χ1) is 13.9. The topological polar surface area (TPSA) is 94.6 Å². The van der Waals surface area contributed by atoms with Crippen LogP contribution in [-0.4, -0.2) is 31.3 Å². The number of nitrogen functional groups attached to an aromatic ring is 1. The Morgan fingerprint density at radius 2 is 2.17 bits per heavy atom. The number of aromatic nitrogens is 5.